The van der Waals surface area contributed by atoms with Crippen LogP contribution in [0.15, 0.2) is 42.6 Å². The van der Waals surface area contributed by atoms with Crippen molar-refractivity contribution in [2.24, 2.45) is 5.92 Å². The molecule has 0 aliphatic heterocycles. The number of rotatable bonds is 5. The molecule has 1 atom stereocenters. The summed E-state index contributed by atoms with van der Waals surface area (Å²) in [5, 5.41) is 8.35. The molecule has 0 bridgehead atoms. The van der Waals surface area contributed by atoms with Gasteiger partial charge in [0.25, 0.3) is 5.91 Å². The average Bonchev–Trinajstić information content (AvgIpc) is 3.05. The van der Waals surface area contributed by atoms with Gasteiger partial charge in [0.1, 0.15) is 0 Å². The number of carbonyl (C=O) groups is 1. The van der Waals surface area contributed by atoms with Crippen LogP contribution < -0.4 is 5.32 Å². The fourth-order valence-corrected chi connectivity index (χ4v) is 2.79. The molecule has 2 heterocycles. The standard InChI is InChI=1S/C21H26N4O/c1-13(2)15(5)23-21(26)17-11-19(16-9-7-6-8-10-16)24-20-18(17)12-22-25(20)14(3)4/h6-15H,1-5H3,(H,23,26). The number of carbonyl (C=O) groups excluding carboxylic acids is 1. The first-order valence-corrected chi connectivity index (χ1v) is 9.13. The van der Waals surface area contributed by atoms with Crippen molar-refractivity contribution in [1.82, 2.24) is 20.1 Å². The highest BCUT2D eigenvalue weighted by Crippen LogP contribution is 2.26. The fourth-order valence-electron chi connectivity index (χ4n) is 2.79. The first-order valence-electron chi connectivity index (χ1n) is 9.13. The Morgan fingerprint density at radius 3 is 2.38 bits per heavy atom. The molecule has 0 radical (unpaired) electrons. The Hall–Kier alpha value is -2.69. The molecular formula is C21H26N4O. The summed E-state index contributed by atoms with van der Waals surface area (Å²) in [6.45, 7) is 10.3. The Morgan fingerprint density at radius 2 is 1.77 bits per heavy atom. The summed E-state index contributed by atoms with van der Waals surface area (Å²) in [6, 6.07) is 12.0. The van der Waals surface area contributed by atoms with Crippen LogP contribution in [0.3, 0.4) is 0 Å². The van der Waals surface area contributed by atoms with Gasteiger partial charge in [0.2, 0.25) is 0 Å². The first-order chi connectivity index (χ1) is 12.4. The lowest BCUT2D eigenvalue weighted by molar-refractivity contribution is 0.0932. The molecule has 3 rings (SSSR count). The number of benzene rings is 1. The van der Waals surface area contributed by atoms with Gasteiger partial charge in [0, 0.05) is 17.6 Å². The number of hydrogen-bond donors (Lipinski definition) is 1. The largest absolute Gasteiger partial charge is 0.349 e. The third-order valence-corrected chi connectivity index (χ3v) is 4.73. The van der Waals surface area contributed by atoms with Crippen LogP contribution in [-0.4, -0.2) is 26.7 Å². The van der Waals surface area contributed by atoms with E-state index in [1.54, 1.807) is 6.20 Å². The fraction of sp³-hybridized carbons (Fsp3) is 0.381. The van der Waals surface area contributed by atoms with Gasteiger partial charge in [-0.2, -0.15) is 5.10 Å². The molecule has 1 aromatic carbocycles. The molecule has 1 N–H and O–H groups in total. The quantitative estimate of drug-likeness (QED) is 0.739. The van der Waals surface area contributed by atoms with Crippen LogP contribution in [0.5, 0.6) is 0 Å². The molecule has 0 spiro atoms. The number of fused-ring (bicyclic) bond motifs is 1. The van der Waals surface area contributed by atoms with Crippen molar-refractivity contribution < 1.29 is 4.79 Å². The van der Waals surface area contributed by atoms with E-state index in [1.165, 1.54) is 0 Å². The second-order valence-electron chi connectivity index (χ2n) is 7.35. The molecule has 3 aromatic rings. The maximum Gasteiger partial charge on any atom is 0.252 e. The predicted molar refractivity (Wildman–Crippen MR) is 105 cm³/mol. The average molecular weight is 350 g/mol. The minimum absolute atomic E-state index is 0.0842. The zero-order valence-corrected chi connectivity index (χ0v) is 16.0. The van der Waals surface area contributed by atoms with E-state index in [-0.39, 0.29) is 18.0 Å². The number of nitrogens with one attached hydrogen (secondary N) is 1. The van der Waals surface area contributed by atoms with Crippen molar-refractivity contribution in [1.29, 1.82) is 0 Å². The zero-order chi connectivity index (χ0) is 18.8. The first kappa shape index (κ1) is 18.1. The molecule has 0 aliphatic rings. The molecule has 136 valence electrons. The smallest absolute Gasteiger partial charge is 0.252 e. The van der Waals surface area contributed by atoms with E-state index < -0.39 is 0 Å². The SMILES string of the molecule is CC(C)C(C)NC(=O)c1cc(-c2ccccc2)nc2c1cnn2C(C)C. The zero-order valence-electron chi connectivity index (χ0n) is 16.0. The number of aromatic nitrogens is 3. The van der Waals surface area contributed by atoms with E-state index in [0.29, 0.717) is 11.5 Å². The summed E-state index contributed by atoms with van der Waals surface area (Å²) in [6.07, 6.45) is 1.74. The number of hydrogen-bond acceptors (Lipinski definition) is 3. The summed E-state index contributed by atoms with van der Waals surface area (Å²) in [5.41, 5.74) is 3.12. The molecule has 0 saturated carbocycles. The monoisotopic (exact) mass is 350 g/mol. The minimum Gasteiger partial charge on any atom is -0.349 e. The molecule has 0 fully saturated rings. The lowest BCUT2D eigenvalue weighted by Gasteiger charge is -2.18. The second kappa shape index (κ2) is 7.28. The van der Waals surface area contributed by atoms with Gasteiger partial charge in [-0.1, -0.05) is 44.2 Å². The summed E-state index contributed by atoms with van der Waals surface area (Å²) >= 11 is 0. The van der Waals surface area contributed by atoms with Crippen LogP contribution >= 0.6 is 0 Å². The van der Waals surface area contributed by atoms with Crippen LogP contribution in [-0.2, 0) is 0 Å². The van der Waals surface area contributed by atoms with Crippen molar-refractivity contribution >= 4 is 16.9 Å². The molecule has 5 nitrogen and oxygen atoms in total. The van der Waals surface area contributed by atoms with E-state index in [1.807, 2.05) is 48.0 Å². The highest BCUT2D eigenvalue weighted by molar-refractivity contribution is 6.06. The number of amides is 1. The molecule has 0 aliphatic carbocycles. The Bertz CT molecular complexity index is 912. The number of nitrogens with zero attached hydrogens (tertiary/aromatic N) is 3. The third kappa shape index (κ3) is 3.47. The van der Waals surface area contributed by atoms with Gasteiger partial charge in [0.05, 0.1) is 22.8 Å². The highest BCUT2D eigenvalue weighted by atomic mass is 16.1. The van der Waals surface area contributed by atoms with Gasteiger partial charge >= 0.3 is 0 Å². The van der Waals surface area contributed by atoms with Crippen molar-refractivity contribution in [2.75, 3.05) is 0 Å². The van der Waals surface area contributed by atoms with Gasteiger partial charge in [-0.25, -0.2) is 9.67 Å². The summed E-state index contributed by atoms with van der Waals surface area (Å²) in [4.78, 5) is 17.8. The Morgan fingerprint density at radius 1 is 1.08 bits per heavy atom. The van der Waals surface area contributed by atoms with Crippen molar-refractivity contribution in [3.63, 3.8) is 0 Å². The summed E-state index contributed by atoms with van der Waals surface area (Å²) < 4.78 is 1.87. The second-order valence-corrected chi connectivity index (χ2v) is 7.35. The molecule has 1 unspecified atom stereocenters. The molecule has 5 heteroatoms. The molecule has 1 amide bonds. The normalized spacial score (nSPS) is 12.7. The van der Waals surface area contributed by atoms with E-state index >= 15 is 0 Å². The third-order valence-electron chi connectivity index (χ3n) is 4.73. The van der Waals surface area contributed by atoms with Crippen molar-refractivity contribution in [2.45, 2.75) is 46.7 Å². The molecule has 26 heavy (non-hydrogen) atoms. The number of pyridine rings is 1. The highest BCUT2D eigenvalue weighted by Gasteiger charge is 2.20. The predicted octanol–water partition coefficient (Wildman–Crippen LogP) is 4.45. The maximum atomic E-state index is 13.0. The maximum absolute atomic E-state index is 13.0. The van der Waals surface area contributed by atoms with Crippen LogP contribution in [0.2, 0.25) is 0 Å². The lowest BCUT2D eigenvalue weighted by Crippen LogP contribution is -2.36. The summed E-state index contributed by atoms with van der Waals surface area (Å²) in [5.74, 6) is 0.280. The van der Waals surface area contributed by atoms with Crippen LogP contribution in [0.25, 0.3) is 22.3 Å². The lowest BCUT2D eigenvalue weighted by atomic mass is 10.0. The van der Waals surface area contributed by atoms with Crippen LogP contribution in [0, 0.1) is 5.92 Å². The van der Waals surface area contributed by atoms with E-state index in [2.05, 4.69) is 38.1 Å². The van der Waals surface area contributed by atoms with Gasteiger partial charge < -0.3 is 5.32 Å². The van der Waals surface area contributed by atoms with Gasteiger partial charge in [-0.3, -0.25) is 4.79 Å². The van der Waals surface area contributed by atoms with Crippen molar-refractivity contribution in [3.8, 4) is 11.3 Å². The molecule has 2 aromatic heterocycles. The van der Waals surface area contributed by atoms with Crippen molar-refractivity contribution in [3.05, 3.63) is 48.2 Å². The van der Waals surface area contributed by atoms with Crippen LogP contribution in [0.1, 0.15) is 51.0 Å². The van der Waals surface area contributed by atoms with Gasteiger partial charge in [0.15, 0.2) is 5.65 Å². The Labute approximate surface area is 154 Å². The summed E-state index contributed by atoms with van der Waals surface area (Å²) in [7, 11) is 0. The van der Waals surface area contributed by atoms with Gasteiger partial charge in [-0.05, 0) is 32.8 Å². The van der Waals surface area contributed by atoms with E-state index in [9.17, 15) is 4.79 Å². The van der Waals surface area contributed by atoms with E-state index in [0.717, 1.165) is 22.3 Å². The Kier molecular flexibility index (Phi) is 5.07. The van der Waals surface area contributed by atoms with E-state index in [4.69, 9.17) is 4.98 Å². The van der Waals surface area contributed by atoms with Crippen LogP contribution in [0.4, 0.5) is 0 Å². The molecular weight excluding hydrogens is 324 g/mol. The minimum atomic E-state index is -0.0842. The molecule has 0 saturated heterocycles. The topological polar surface area (TPSA) is 59.8 Å². The Balaban J connectivity index is 2.16. The van der Waals surface area contributed by atoms with Gasteiger partial charge in [-0.15, -0.1) is 0 Å².